The molecule has 2 N–H and O–H groups in total. The molecular weight excluding hydrogens is 499 g/mol. The molecule has 1 amide bonds. The van der Waals surface area contributed by atoms with Gasteiger partial charge in [-0.1, -0.05) is 43.2 Å². The number of amides is 1. The molecule has 1 aromatic carbocycles. The quantitative estimate of drug-likeness (QED) is 0.322. The second-order valence-corrected chi connectivity index (χ2v) is 9.25. The second-order valence-electron chi connectivity index (χ2n) is 7.67. The van der Waals surface area contributed by atoms with Crippen LogP contribution in [0.1, 0.15) is 37.7 Å². The average molecular weight is 532 g/mol. The molecule has 6 nitrogen and oxygen atoms in total. The first-order chi connectivity index (χ1) is 13.7. The van der Waals surface area contributed by atoms with Crippen LogP contribution in [0.2, 0.25) is 0 Å². The van der Waals surface area contributed by atoms with E-state index in [4.69, 9.17) is 0 Å². The van der Waals surface area contributed by atoms with Crippen molar-refractivity contribution in [1.82, 2.24) is 15.5 Å². The van der Waals surface area contributed by atoms with Gasteiger partial charge in [0.05, 0.1) is 0 Å². The molecule has 8 heteroatoms. The molecule has 0 aromatic heterocycles. The van der Waals surface area contributed by atoms with Gasteiger partial charge in [-0.2, -0.15) is 0 Å². The highest BCUT2D eigenvalue weighted by Crippen LogP contribution is 2.27. The summed E-state index contributed by atoms with van der Waals surface area (Å²) in [5.74, 6) is 2.45. The van der Waals surface area contributed by atoms with Crippen LogP contribution < -0.4 is 10.6 Å². The number of benzene rings is 1. The van der Waals surface area contributed by atoms with Crippen LogP contribution in [-0.2, 0) is 21.3 Å². The minimum absolute atomic E-state index is 0. The molecule has 2 fully saturated rings. The van der Waals surface area contributed by atoms with Gasteiger partial charge in [-0.25, -0.2) is 0 Å². The number of guanidine groups is 1. The molecule has 0 radical (unpaired) electrons. The number of rotatable bonds is 7. The van der Waals surface area contributed by atoms with Crippen molar-refractivity contribution in [3.8, 4) is 0 Å². The van der Waals surface area contributed by atoms with E-state index in [1.54, 1.807) is 7.05 Å². The van der Waals surface area contributed by atoms with Crippen LogP contribution in [0.15, 0.2) is 35.3 Å². The monoisotopic (exact) mass is 532 g/mol. The maximum atomic E-state index is 12.6. The third kappa shape index (κ3) is 7.55. The lowest BCUT2D eigenvalue weighted by molar-refractivity contribution is -0.134. The van der Waals surface area contributed by atoms with Crippen molar-refractivity contribution in [1.29, 1.82) is 0 Å². The highest BCUT2D eigenvalue weighted by molar-refractivity contribution is 14.0. The Morgan fingerprint density at radius 1 is 1.21 bits per heavy atom. The van der Waals surface area contributed by atoms with Crippen LogP contribution in [0.5, 0.6) is 0 Å². The van der Waals surface area contributed by atoms with Crippen molar-refractivity contribution in [2.45, 2.75) is 43.9 Å². The Balaban J connectivity index is 0.00000300. The van der Waals surface area contributed by atoms with E-state index in [2.05, 4.69) is 15.6 Å². The average Bonchev–Trinajstić information content (AvgIpc) is 3.40. The Hall–Kier alpha value is -1.16. The summed E-state index contributed by atoms with van der Waals surface area (Å²) in [5.41, 5.74) is 1.10. The number of hydrogen-bond acceptors (Lipinski definition) is 3. The van der Waals surface area contributed by atoms with Gasteiger partial charge in [0.1, 0.15) is 0 Å². The Kier molecular flexibility index (Phi) is 10.4. The number of likely N-dealkylation sites (tertiary alicyclic amines) is 1. The van der Waals surface area contributed by atoms with E-state index in [0.717, 1.165) is 43.9 Å². The third-order valence-electron chi connectivity index (χ3n) is 5.56. The van der Waals surface area contributed by atoms with Crippen molar-refractivity contribution in [2.75, 3.05) is 32.4 Å². The summed E-state index contributed by atoms with van der Waals surface area (Å²) in [6, 6.07) is 10.1. The van der Waals surface area contributed by atoms with Crippen LogP contribution in [0, 0.1) is 5.92 Å². The lowest BCUT2D eigenvalue weighted by Gasteiger charge is -2.21. The van der Waals surface area contributed by atoms with Crippen LogP contribution >= 0.6 is 24.0 Å². The number of carbonyl (C=O) groups is 1. The second kappa shape index (κ2) is 12.5. The van der Waals surface area contributed by atoms with Crippen molar-refractivity contribution < 1.29 is 9.00 Å². The number of aliphatic imine (C=N–C) groups is 1. The zero-order chi connectivity index (χ0) is 19.8. The van der Waals surface area contributed by atoms with Crippen molar-refractivity contribution in [3.63, 3.8) is 0 Å². The Labute approximate surface area is 193 Å². The van der Waals surface area contributed by atoms with E-state index in [9.17, 15) is 9.00 Å². The highest BCUT2D eigenvalue weighted by Gasteiger charge is 2.32. The molecule has 2 unspecified atom stereocenters. The van der Waals surface area contributed by atoms with Gasteiger partial charge in [0.2, 0.25) is 5.91 Å². The lowest BCUT2D eigenvalue weighted by Crippen LogP contribution is -2.46. The van der Waals surface area contributed by atoms with Crippen LogP contribution in [-0.4, -0.2) is 59.5 Å². The molecule has 162 valence electrons. The van der Waals surface area contributed by atoms with Gasteiger partial charge in [-0.15, -0.1) is 24.0 Å². The lowest BCUT2D eigenvalue weighted by atomic mass is 10.1. The fraction of sp³-hybridized carbons (Fsp3) is 0.619. The van der Waals surface area contributed by atoms with Gasteiger partial charge in [0, 0.05) is 60.9 Å². The Morgan fingerprint density at radius 2 is 1.93 bits per heavy atom. The number of hydrogen-bond donors (Lipinski definition) is 2. The Bertz CT molecular complexity index is 695. The molecule has 2 aliphatic rings. The minimum atomic E-state index is -0.905. The van der Waals surface area contributed by atoms with Gasteiger partial charge < -0.3 is 15.5 Å². The highest BCUT2D eigenvalue weighted by atomic mass is 127. The molecule has 1 heterocycles. The van der Waals surface area contributed by atoms with Crippen molar-refractivity contribution >= 4 is 46.6 Å². The van der Waals surface area contributed by atoms with E-state index < -0.39 is 10.8 Å². The topological polar surface area (TPSA) is 73.8 Å². The summed E-state index contributed by atoms with van der Waals surface area (Å²) >= 11 is 0. The zero-order valence-electron chi connectivity index (χ0n) is 17.1. The smallest absolute Gasteiger partial charge is 0.225 e. The normalized spacial score (nSPS) is 20.9. The number of halogens is 1. The van der Waals surface area contributed by atoms with E-state index >= 15 is 0 Å². The van der Waals surface area contributed by atoms with E-state index in [0.29, 0.717) is 24.0 Å². The zero-order valence-corrected chi connectivity index (χ0v) is 20.3. The first kappa shape index (κ1) is 24.1. The summed E-state index contributed by atoms with van der Waals surface area (Å²) in [5, 5.41) is 6.67. The molecule has 0 spiro atoms. The van der Waals surface area contributed by atoms with E-state index in [-0.39, 0.29) is 35.9 Å². The number of nitrogens with zero attached hydrogens (tertiary/aromatic N) is 2. The summed E-state index contributed by atoms with van der Waals surface area (Å²) in [6.45, 7) is 2.18. The van der Waals surface area contributed by atoms with Crippen molar-refractivity contribution in [2.24, 2.45) is 10.9 Å². The van der Waals surface area contributed by atoms with Crippen LogP contribution in [0.25, 0.3) is 0 Å². The van der Waals surface area contributed by atoms with Crippen LogP contribution in [0.4, 0.5) is 0 Å². The number of nitrogens with one attached hydrogen (secondary N) is 2. The first-order valence-electron chi connectivity index (χ1n) is 10.3. The Morgan fingerprint density at radius 3 is 2.62 bits per heavy atom. The summed E-state index contributed by atoms with van der Waals surface area (Å²) < 4.78 is 12.2. The van der Waals surface area contributed by atoms with E-state index in [1.165, 1.54) is 12.8 Å². The molecule has 29 heavy (non-hydrogen) atoms. The minimum Gasteiger partial charge on any atom is -0.355 e. The summed E-state index contributed by atoms with van der Waals surface area (Å²) in [6.07, 6.45) is 5.43. The largest absolute Gasteiger partial charge is 0.355 e. The standard InChI is InChI=1S/C21H32N4O2S.HI/c1-22-21(23-12-14-28(27)16-17-7-3-2-4-8-17)24-19-11-13-25(15-19)20(26)18-9-5-6-10-18;/h2-4,7-8,18-19H,5-6,9-16H2,1H3,(H2,22,23,24);1H. The fourth-order valence-corrected chi connectivity index (χ4v) is 5.05. The summed E-state index contributed by atoms with van der Waals surface area (Å²) in [4.78, 5) is 18.8. The third-order valence-corrected chi connectivity index (χ3v) is 6.88. The molecule has 1 aromatic rings. The number of carbonyl (C=O) groups excluding carboxylic acids is 1. The molecular formula is C21H33IN4O2S. The summed E-state index contributed by atoms with van der Waals surface area (Å²) in [7, 11) is 0.838. The molecule has 0 bridgehead atoms. The molecule has 1 saturated heterocycles. The predicted molar refractivity (Wildman–Crippen MR) is 130 cm³/mol. The van der Waals surface area contributed by atoms with E-state index in [1.807, 2.05) is 35.2 Å². The molecule has 2 atom stereocenters. The van der Waals surface area contributed by atoms with Crippen LogP contribution in [0.3, 0.4) is 0 Å². The fourth-order valence-electron chi connectivity index (χ4n) is 4.01. The SMILES string of the molecule is CN=C(NCCS(=O)Cc1ccccc1)NC1CCN(C(=O)C2CCCC2)C1.I. The maximum Gasteiger partial charge on any atom is 0.225 e. The van der Waals surface area contributed by atoms with Gasteiger partial charge in [-0.05, 0) is 24.8 Å². The first-order valence-corrected chi connectivity index (χ1v) is 11.8. The maximum absolute atomic E-state index is 12.6. The molecule has 1 aliphatic heterocycles. The van der Waals surface area contributed by atoms with Gasteiger partial charge in [0.15, 0.2) is 5.96 Å². The molecule has 1 saturated carbocycles. The predicted octanol–water partition coefficient (Wildman–Crippen LogP) is 2.51. The van der Waals surface area contributed by atoms with Gasteiger partial charge in [0.25, 0.3) is 0 Å². The molecule has 1 aliphatic carbocycles. The van der Waals surface area contributed by atoms with Crippen molar-refractivity contribution in [3.05, 3.63) is 35.9 Å². The molecule has 3 rings (SSSR count). The van der Waals surface area contributed by atoms with Gasteiger partial charge >= 0.3 is 0 Å². The van der Waals surface area contributed by atoms with Gasteiger partial charge in [-0.3, -0.25) is 14.0 Å².